The first-order valence-corrected chi connectivity index (χ1v) is 9.14. The number of halogens is 1. The van der Waals surface area contributed by atoms with Gasteiger partial charge >= 0.3 is 0 Å². The van der Waals surface area contributed by atoms with E-state index in [1.54, 1.807) is 42.6 Å². The van der Waals surface area contributed by atoms with Gasteiger partial charge < -0.3 is 20.5 Å². The third-order valence-corrected chi connectivity index (χ3v) is 4.47. The van der Waals surface area contributed by atoms with Crippen LogP contribution in [0.3, 0.4) is 0 Å². The van der Waals surface area contributed by atoms with Crippen LogP contribution in [0.4, 0.5) is 0 Å². The minimum absolute atomic E-state index is 0.114. The molecule has 1 aromatic carbocycles. The first kappa shape index (κ1) is 19.9. The van der Waals surface area contributed by atoms with Crippen LogP contribution in [0.1, 0.15) is 35.0 Å². The molecule has 3 rings (SSSR count). The van der Waals surface area contributed by atoms with E-state index in [1.807, 2.05) is 0 Å². The van der Waals surface area contributed by atoms with Gasteiger partial charge in [-0.05, 0) is 30.3 Å². The summed E-state index contributed by atoms with van der Waals surface area (Å²) in [4.78, 5) is 28.3. The van der Waals surface area contributed by atoms with Gasteiger partial charge in [0.25, 0.3) is 11.8 Å². The summed E-state index contributed by atoms with van der Waals surface area (Å²) in [7, 11) is 0. The van der Waals surface area contributed by atoms with Gasteiger partial charge in [0, 0.05) is 41.9 Å². The zero-order chi connectivity index (χ0) is 20.1. The van der Waals surface area contributed by atoms with E-state index in [-0.39, 0.29) is 12.3 Å². The molecule has 8 heteroatoms. The molecule has 2 heterocycles. The minimum Gasteiger partial charge on any atom is -0.480 e. The van der Waals surface area contributed by atoms with Gasteiger partial charge in [-0.15, -0.1) is 0 Å². The molecule has 7 nitrogen and oxygen atoms in total. The number of ether oxygens (including phenoxy) is 1. The summed E-state index contributed by atoms with van der Waals surface area (Å²) in [5.41, 5.74) is 1.32. The lowest BCUT2D eigenvalue weighted by molar-refractivity contribution is -0.129. The number of aromatic nitrogens is 1. The van der Waals surface area contributed by atoms with Crippen molar-refractivity contribution in [3.05, 3.63) is 71.2 Å². The van der Waals surface area contributed by atoms with Crippen LogP contribution in [-0.2, 0) is 4.79 Å². The van der Waals surface area contributed by atoms with E-state index in [9.17, 15) is 14.7 Å². The molecule has 1 aromatic heterocycles. The van der Waals surface area contributed by atoms with Crippen molar-refractivity contribution in [1.82, 2.24) is 15.6 Å². The lowest BCUT2D eigenvalue weighted by Crippen LogP contribution is -2.41. The molecule has 0 bridgehead atoms. The maximum Gasteiger partial charge on any atom is 0.269 e. The Kier molecular flexibility index (Phi) is 6.28. The Morgan fingerprint density at radius 3 is 2.89 bits per heavy atom. The summed E-state index contributed by atoms with van der Waals surface area (Å²) in [6.45, 7) is 4.10. The summed E-state index contributed by atoms with van der Waals surface area (Å²) in [5, 5.41) is 16.1. The summed E-state index contributed by atoms with van der Waals surface area (Å²) < 4.78 is 5.67. The fourth-order valence-corrected chi connectivity index (χ4v) is 2.99. The number of amides is 2. The SMILES string of the molecule is C=C(CCNC(=O)c1ccccn1)NC(=O)[C@H]1C[C@@H](O)c2cc(Cl)ccc2O1. The number of carbonyl (C=O) groups is 2. The number of pyridine rings is 1. The van der Waals surface area contributed by atoms with Gasteiger partial charge in [0.1, 0.15) is 11.4 Å². The van der Waals surface area contributed by atoms with Gasteiger partial charge in [0.15, 0.2) is 6.10 Å². The largest absolute Gasteiger partial charge is 0.480 e. The normalized spacial score (nSPS) is 17.8. The Morgan fingerprint density at radius 2 is 2.14 bits per heavy atom. The van der Waals surface area contributed by atoms with Crippen LogP contribution in [0.25, 0.3) is 0 Å². The lowest BCUT2D eigenvalue weighted by atomic mass is 9.98. The molecule has 0 spiro atoms. The molecule has 1 aliphatic rings. The number of aliphatic hydroxyl groups excluding tert-OH is 1. The van der Waals surface area contributed by atoms with Gasteiger partial charge in [-0.2, -0.15) is 0 Å². The number of fused-ring (bicyclic) bond motifs is 1. The predicted octanol–water partition coefficient (Wildman–Crippen LogP) is 2.37. The number of aliphatic hydroxyl groups is 1. The van der Waals surface area contributed by atoms with Crippen LogP contribution in [0.15, 0.2) is 54.9 Å². The third-order valence-electron chi connectivity index (χ3n) is 4.24. The van der Waals surface area contributed by atoms with Crippen molar-refractivity contribution in [3.63, 3.8) is 0 Å². The second-order valence-corrected chi connectivity index (χ2v) is 6.79. The molecule has 2 amide bonds. The molecule has 0 saturated carbocycles. The van der Waals surface area contributed by atoms with Crippen LogP contribution in [0, 0.1) is 0 Å². The van der Waals surface area contributed by atoms with Crippen LogP contribution >= 0.6 is 11.6 Å². The average Bonchev–Trinajstić information content (AvgIpc) is 2.69. The number of nitrogens with one attached hydrogen (secondary N) is 2. The van der Waals surface area contributed by atoms with Gasteiger partial charge in [0.05, 0.1) is 6.10 Å². The van der Waals surface area contributed by atoms with Gasteiger partial charge in [-0.25, -0.2) is 0 Å². The zero-order valence-electron chi connectivity index (χ0n) is 15.0. The quantitative estimate of drug-likeness (QED) is 0.690. The molecule has 3 N–H and O–H groups in total. The first-order valence-electron chi connectivity index (χ1n) is 8.76. The third kappa shape index (κ3) is 4.88. The summed E-state index contributed by atoms with van der Waals surface area (Å²) >= 11 is 5.93. The lowest BCUT2D eigenvalue weighted by Gasteiger charge is -2.29. The zero-order valence-corrected chi connectivity index (χ0v) is 15.8. The van der Waals surface area contributed by atoms with Crippen LogP contribution in [0.2, 0.25) is 5.02 Å². The second-order valence-electron chi connectivity index (χ2n) is 6.35. The first-order chi connectivity index (χ1) is 13.4. The van der Waals surface area contributed by atoms with Crippen molar-refractivity contribution < 1.29 is 19.4 Å². The number of carbonyl (C=O) groups excluding carboxylic acids is 2. The molecule has 1 aliphatic heterocycles. The molecular formula is C20H20ClN3O4. The highest BCUT2D eigenvalue weighted by Crippen LogP contribution is 2.36. The molecular weight excluding hydrogens is 382 g/mol. The van der Waals surface area contributed by atoms with Crippen molar-refractivity contribution in [2.24, 2.45) is 0 Å². The number of hydrogen-bond acceptors (Lipinski definition) is 5. The van der Waals surface area contributed by atoms with Crippen molar-refractivity contribution in [3.8, 4) is 5.75 Å². The van der Waals surface area contributed by atoms with Gasteiger partial charge in [-0.1, -0.05) is 24.2 Å². The van der Waals surface area contributed by atoms with E-state index in [1.165, 1.54) is 0 Å². The molecule has 0 radical (unpaired) electrons. The Labute approximate surface area is 167 Å². The standard InChI is InChI=1S/C20H20ClN3O4/c1-12(7-9-23-19(26)15-4-2-3-8-22-15)24-20(27)18-11-16(25)14-10-13(21)5-6-17(14)28-18/h2-6,8,10,16,18,25H,1,7,9,11H2,(H,23,26)(H,24,27)/t16-,18-/m1/s1. The van der Waals surface area contributed by atoms with Crippen molar-refractivity contribution >= 4 is 23.4 Å². The fourth-order valence-electron chi connectivity index (χ4n) is 2.81. The minimum atomic E-state index is -0.844. The Balaban J connectivity index is 1.47. The van der Waals surface area contributed by atoms with E-state index in [0.29, 0.717) is 40.7 Å². The van der Waals surface area contributed by atoms with Gasteiger partial charge in [0.2, 0.25) is 0 Å². The maximum absolute atomic E-state index is 12.4. The molecule has 2 aromatic rings. The van der Waals surface area contributed by atoms with E-state index in [0.717, 1.165) is 0 Å². The molecule has 0 saturated heterocycles. The second kappa shape index (κ2) is 8.86. The Hall–Kier alpha value is -2.90. The topological polar surface area (TPSA) is 101 Å². The summed E-state index contributed by atoms with van der Waals surface area (Å²) in [6.07, 6.45) is 0.320. The highest BCUT2D eigenvalue weighted by molar-refractivity contribution is 6.30. The van der Waals surface area contributed by atoms with Crippen molar-refractivity contribution in [2.45, 2.75) is 25.0 Å². The Morgan fingerprint density at radius 1 is 1.32 bits per heavy atom. The Bertz CT molecular complexity index is 888. The highest BCUT2D eigenvalue weighted by atomic mass is 35.5. The van der Waals surface area contributed by atoms with Crippen LogP contribution in [-0.4, -0.2) is 34.6 Å². The highest BCUT2D eigenvalue weighted by Gasteiger charge is 2.32. The molecule has 2 atom stereocenters. The van der Waals surface area contributed by atoms with Crippen molar-refractivity contribution in [2.75, 3.05) is 6.54 Å². The fraction of sp³-hybridized carbons (Fsp3) is 0.250. The molecule has 146 valence electrons. The average molecular weight is 402 g/mol. The monoisotopic (exact) mass is 401 g/mol. The smallest absolute Gasteiger partial charge is 0.269 e. The van der Waals surface area contributed by atoms with E-state index in [2.05, 4.69) is 22.2 Å². The van der Waals surface area contributed by atoms with Crippen LogP contribution < -0.4 is 15.4 Å². The maximum atomic E-state index is 12.4. The van der Waals surface area contributed by atoms with Crippen LogP contribution in [0.5, 0.6) is 5.75 Å². The molecule has 28 heavy (non-hydrogen) atoms. The molecule has 0 unspecified atom stereocenters. The van der Waals surface area contributed by atoms with E-state index >= 15 is 0 Å². The van der Waals surface area contributed by atoms with E-state index < -0.39 is 18.1 Å². The van der Waals surface area contributed by atoms with E-state index in [4.69, 9.17) is 16.3 Å². The molecule has 0 aliphatic carbocycles. The molecule has 0 fully saturated rings. The van der Waals surface area contributed by atoms with Crippen molar-refractivity contribution in [1.29, 1.82) is 0 Å². The predicted molar refractivity (Wildman–Crippen MR) is 104 cm³/mol. The number of nitrogens with zero attached hydrogens (tertiary/aromatic N) is 1. The van der Waals surface area contributed by atoms with Gasteiger partial charge in [-0.3, -0.25) is 14.6 Å². The summed E-state index contributed by atoms with van der Waals surface area (Å²) in [5.74, 6) is -0.272. The number of rotatable bonds is 6. The number of benzene rings is 1. The summed E-state index contributed by atoms with van der Waals surface area (Å²) in [6, 6.07) is 9.96. The number of hydrogen-bond donors (Lipinski definition) is 3.